The van der Waals surface area contributed by atoms with E-state index in [-0.39, 0.29) is 35.9 Å². The highest BCUT2D eigenvalue weighted by atomic mass is 16.5. The second-order valence-electron chi connectivity index (χ2n) is 8.95. The van der Waals surface area contributed by atoms with Crippen molar-refractivity contribution in [3.8, 4) is 11.1 Å². The molecular weight excluding hydrogens is 404 g/mol. The highest BCUT2D eigenvalue weighted by Crippen LogP contribution is 2.45. The summed E-state index contributed by atoms with van der Waals surface area (Å²) < 4.78 is 10.2. The van der Waals surface area contributed by atoms with E-state index in [2.05, 4.69) is 34.9 Å². The van der Waals surface area contributed by atoms with Gasteiger partial charge >= 0.3 is 11.9 Å². The maximum absolute atomic E-state index is 12.6. The smallest absolute Gasteiger partial charge is 0.323 e. The van der Waals surface area contributed by atoms with Gasteiger partial charge in [-0.3, -0.25) is 20.2 Å². The molecule has 0 aliphatic heterocycles. The van der Waals surface area contributed by atoms with Crippen molar-refractivity contribution in [1.82, 2.24) is 10.6 Å². The fraction of sp³-hybridized carbons (Fsp3) is 0.462. The van der Waals surface area contributed by atoms with Crippen molar-refractivity contribution in [2.75, 3.05) is 14.2 Å². The molecule has 2 aromatic rings. The molecule has 2 N–H and O–H groups in total. The van der Waals surface area contributed by atoms with E-state index >= 15 is 0 Å². The first-order valence-electron chi connectivity index (χ1n) is 11.2. The normalized spacial score (nSPS) is 19.1. The Balaban J connectivity index is 2.13. The van der Waals surface area contributed by atoms with Crippen LogP contribution < -0.4 is 10.6 Å². The molecule has 2 aromatic carbocycles. The first-order chi connectivity index (χ1) is 15.3. The molecule has 0 bridgehead atoms. The molecule has 0 radical (unpaired) electrons. The lowest BCUT2D eigenvalue weighted by Gasteiger charge is -2.40. The number of nitrogens with one attached hydrogen (secondary N) is 2. The van der Waals surface area contributed by atoms with E-state index in [1.54, 1.807) is 0 Å². The van der Waals surface area contributed by atoms with Crippen LogP contribution in [0.25, 0.3) is 11.1 Å². The number of methoxy groups -OCH3 is 2. The molecule has 0 amide bonds. The summed E-state index contributed by atoms with van der Waals surface area (Å²) in [5, 5.41) is 7.13. The van der Waals surface area contributed by atoms with Crippen LogP contribution in [0.4, 0.5) is 0 Å². The Morgan fingerprint density at radius 3 is 1.34 bits per heavy atom. The Hall–Kier alpha value is -2.70. The van der Waals surface area contributed by atoms with E-state index in [4.69, 9.17) is 9.47 Å². The van der Waals surface area contributed by atoms with Crippen molar-refractivity contribution in [3.05, 3.63) is 59.7 Å². The number of hydrogen-bond donors (Lipinski definition) is 2. The lowest BCUT2D eigenvalue weighted by molar-refractivity contribution is -0.146. The molecule has 0 heterocycles. The van der Waals surface area contributed by atoms with Crippen molar-refractivity contribution in [1.29, 1.82) is 0 Å². The Morgan fingerprint density at radius 1 is 0.688 bits per heavy atom. The third-order valence-corrected chi connectivity index (χ3v) is 6.18. The van der Waals surface area contributed by atoms with Crippen molar-refractivity contribution in [3.63, 3.8) is 0 Å². The highest BCUT2D eigenvalue weighted by molar-refractivity contribution is 5.79. The molecule has 6 heteroatoms. The van der Waals surface area contributed by atoms with Crippen LogP contribution >= 0.6 is 0 Å². The van der Waals surface area contributed by atoms with Crippen LogP contribution in [-0.4, -0.2) is 38.2 Å². The van der Waals surface area contributed by atoms with Crippen molar-refractivity contribution in [2.24, 2.45) is 11.8 Å². The van der Waals surface area contributed by atoms with Crippen LogP contribution in [0.5, 0.6) is 0 Å². The standard InChI is InChI=1S/C26H34N2O4/c1-15(2)21(25(29)31-5)27-23-19-13-9-7-11-17(19)18-12-8-10-14-20(18)24(23)28-22(16(3)4)26(30)32-6/h7-16,21-24,27-28H,1-6H3/t21-,22-,23-,24-/m0/s1. The van der Waals surface area contributed by atoms with Gasteiger partial charge in [-0.15, -0.1) is 0 Å². The summed E-state index contributed by atoms with van der Waals surface area (Å²) in [7, 11) is 2.82. The van der Waals surface area contributed by atoms with Gasteiger partial charge in [0.05, 0.1) is 26.3 Å². The maximum Gasteiger partial charge on any atom is 0.323 e. The van der Waals surface area contributed by atoms with E-state index in [1.165, 1.54) is 14.2 Å². The maximum atomic E-state index is 12.6. The molecule has 0 unspecified atom stereocenters. The third kappa shape index (κ3) is 4.71. The summed E-state index contributed by atoms with van der Waals surface area (Å²) in [5.74, 6) is -0.560. The third-order valence-electron chi connectivity index (χ3n) is 6.18. The van der Waals surface area contributed by atoms with Gasteiger partial charge in [-0.1, -0.05) is 76.2 Å². The average molecular weight is 439 g/mol. The number of carbonyl (C=O) groups is 2. The SMILES string of the molecule is COC(=O)[C@@H](N[C@H]1c2ccccc2-c2ccccc2[C@@H]1N[C@H](C(=O)OC)C(C)C)C(C)C. The molecule has 0 spiro atoms. The fourth-order valence-corrected chi connectivity index (χ4v) is 4.46. The fourth-order valence-electron chi connectivity index (χ4n) is 4.46. The number of carbonyl (C=O) groups excluding carboxylic acids is 2. The predicted molar refractivity (Wildman–Crippen MR) is 125 cm³/mol. The lowest BCUT2D eigenvalue weighted by Crippen LogP contribution is -2.52. The molecular formula is C26H34N2O4. The summed E-state index contributed by atoms with van der Waals surface area (Å²) in [5.41, 5.74) is 4.38. The Labute approximate surface area is 190 Å². The molecule has 32 heavy (non-hydrogen) atoms. The van der Waals surface area contributed by atoms with E-state index in [9.17, 15) is 9.59 Å². The van der Waals surface area contributed by atoms with Crippen molar-refractivity contribution >= 4 is 11.9 Å². The quantitative estimate of drug-likeness (QED) is 0.606. The lowest BCUT2D eigenvalue weighted by atomic mass is 9.78. The number of rotatable bonds is 8. The summed E-state index contributed by atoms with van der Waals surface area (Å²) in [6, 6.07) is 14.9. The zero-order valence-electron chi connectivity index (χ0n) is 19.7. The van der Waals surface area contributed by atoms with Crippen LogP contribution in [0.2, 0.25) is 0 Å². The van der Waals surface area contributed by atoms with Crippen molar-refractivity contribution in [2.45, 2.75) is 51.9 Å². The zero-order chi connectivity index (χ0) is 23.4. The summed E-state index contributed by atoms with van der Waals surface area (Å²) in [6.07, 6.45) is 0. The molecule has 6 nitrogen and oxygen atoms in total. The monoisotopic (exact) mass is 438 g/mol. The largest absolute Gasteiger partial charge is 0.468 e. The van der Waals surface area contributed by atoms with Gasteiger partial charge < -0.3 is 9.47 Å². The number of ether oxygens (including phenoxy) is 2. The number of esters is 2. The van der Waals surface area contributed by atoms with Crippen LogP contribution in [0.1, 0.15) is 50.9 Å². The van der Waals surface area contributed by atoms with E-state index in [1.807, 2.05) is 52.0 Å². The molecule has 0 saturated heterocycles. The first-order valence-corrected chi connectivity index (χ1v) is 11.2. The van der Waals surface area contributed by atoms with Gasteiger partial charge in [0.25, 0.3) is 0 Å². The van der Waals surface area contributed by atoms with E-state index < -0.39 is 12.1 Å². The average Bonchev–Trinajstić information content (AvgIpc) is 2.80. The second-order valence-corrected chi connectivity index (χ2v) is 8.95. The first kappa shape index (κ1) is 24.0. The predicted octanol–water partition coefficient (Wildman–Crippen LogP) is 4.02. The Morgan fingerprint density at radius 2 is 1.03 bits per heavy atom. The highest BCUT2D eigenvalue weighted by Gasteiger charge is 2.39. The van der Waals surface area contributed by atoms with Gasteiger partial charge in [0.2, 0.25) is 0 Å². The summed E-state index contributed by atoms with van der Waals surface area (Å²) >= 11 is 0. The van der Waals surface area contributed by atoms with E-state index in [0.29, 0.717) is 0 Å². The minimum atomic E-state index is -0.497. The molecule has 0 fully saturated rings. The van der Waals surface area contributed by atoms with Crippen molar-refractivity contribution < 1.29 is 19.1 Å². The van der Waals surface area contributed by atoms with Gasteiger partial charge in [-0.2, -0.15) is 0 Å². The molecule has 4 atom stereocenters. The molecule has 1 aliphatic carbocycles. The second kappa shape index (κ2) is 10.3. The molecule has 172 valence electrons. The number of hydrogen-bond acceptors (Lipinski definition) is 6. The Kier molecular flexibility index (Phi) is 7.69. The van der Waals surface area contributed by atoms with Crippen LogP contribution in [0.15, 0.2) is 48.5 Å². The van der Waals surface area contributed by atoms with Gasteiger partial charge in [-0.25, -0.2) is 0 Å². The molecule has 1 aliphatic rings. The number of benzene rings is 2. The van der Waals surface area contributed by atoms with Gasteiger partial charge in [0.1, 0.15) is 12.1 Å². The summed E-state index contributed by atoms with van der Waals surface area (Å²) in [4.78, 5) is 25.2. The zero-order valence-corrected chi connectivity index (χ0v) is 19.7. The van der Waals surface area contributed by atoms with E-state index in [0.717, 1.165) is 22.3 Å². The number of fused-ring (bicyclic) bond motifs is 3. The summed E-state index contributed by atoms with van der Waals surface area (Å²) in [6.45, 7) is 7.96. The molecule has 0 saturated carbocycles. The minimum absolute atomic E-state index is 0.0222. The molecule has 3 rings (SSSR count). The van der Waals surface area contributed by atoms with Crippen LogP contribution in [-0.2, 0) is 19.1 Å². The minimum Gasteiger partial charge on any atom is -0.468 e. The molecule has 0 aromatic heterocycles. The van der Waals surface area contributed by atoms with Crippen LogP contribution in [0.3, 0.4) is 0 Å². The van der Waals surface area contributed by atoms with Gasteiger partial charge in [-0.05, 0) is 34.1 Å². The van der Waals surface area contributed by atoms with Crippen LogP contribution in [0, 0.1) is 11.8 Å². The van der Waals surface area contributed by atoms with Gasteiger partial charge in [0, 0.05) is 0 Å². The van der Waals surface area contributed by atoms with Gasteiger partial charge in [0.15, 0.2) is 0 Å². The Bertz CT molecular complexity index is 879. The topological polar surface area (TPSA) is 76.7 Å².